The van der Waals surface area contributed by atoms with Crippen molar-refractivity contribution in [2.75, 3.05) is 19.7 Å². The first-order valence-electron chi connectivity index (χ1n) is 9.65. The zero-order valence-electron chi connectivity index (χ0n) is 16.4. The Morgan fingerprint density at radius 2 is 1.90 bits per heavy atom. The topological polar surface area (TPSA) is 110 Å². The van der Waals surface area contributed by atoms with Crippen LogP contribution in [0.3, 0.4) is 0 Å². The molecule has 4 rings (SSSR count). The number of amides is 1. The molecule has 1 fully saturated rings. The van der Waals surface area contributed by atoms with Gasteiger partial charge in [-0.25, -0.2) is 4.79 Å². The summed E-state index contributed by atoms with van der Waals surface area (Å²) >= 11 is 0. The van der Waals surface area contributed by atoms with E-state index < -0.39 is 18.4 Å². The van der Waals surface area contributed by atoms with Crippen LogP contribution in [0.5, 0.6) is 0 Å². The highest BCUT2D eigenvalue weighted by molar-refractivity contribution is 6.02. The van der Waals surface area contributed by atoms with E-state index in [-0.39, 0.29) is 28.2 Å². The van der Waals surface area contributed by atoms with Gasteiger partial charge in [-0.15, -0.1) is 0 Å². The number of carbonyl (C=O) groups excluding carboxylic acids is 3. The van der Waals surface area contributed by atoms with Crippen molar-refractivity contribution in [2.45, 2.75) is 19.8 Å². The number of H-pyrrole nitrogens is 1. The van der Waals surface area contributed by atoms with E-state index in [0.717, 1.165) is 24.5 Å². The minimum atomic E-state index is -0.910. The van der Waals surface area contributed by atoms with Gasteiger partial charge in [0.1, 0.15) is 11.3 Å². The molecular weight excluding hydrogens is 388 g/mol. The van der Waals surface area contributed by atoms with Crippen LogP contribution in [0.2, 0.25) is 0 Å². The summed E-state index contributed by atoms with van der Waals surface area (Å²) in [7, 11) is 0. The van der Waals surface area contributed by atoms with E-state index in [1.54, 1.807) is 23.1 Å². The summed E-state index contributed by atoms with van der Waals surface area (Å²) in [6, 6.07) is 7.54. The highest BCUT2D eigenvalue weighted by atomic mass is 16.5. The van der Waals surface area contributed by atoms with Crippen LogP contribution >= 0.6 is 0 Å². The van der Waals surface area contributed by atoms with Crippen molar-refractivity contribution in [2.24, 2.45) is 0 Å². The van der Waals surface area contributed by atoms with Gasteiger partial charge < -0.3 is 19.0 Å². The number of Topliss-reactive ketones (excluding diaryl/α,β-unsaturated/α-hetero) is 1. The largest absolute Gasteiger partial charge is 0.451 e. The van der Waals surface area contributed by atoms with Crippen molar-refractivity contribution >= 4 is 28.6 Å². The first kappa shape index (κ1) is 19.6. The highest BCUT2D eigenvalue weighted by Crippen LogP contribution is 2.16. The zero-order chi connectivity index (χ0) is 21.3. The Morgan fingerprint density at radius 3 is 2.67 bits per heavy atom. The molecule has 1 aliphatic rings. The van der Waals surface area contributed by atoms with Gasteiger partial charge in [-0.05, 0) is 38.0 Å². The van der Waals surface area contributed by atoms with E-state index in [9.17, 15) is 19.2 Å². The van der Waals surface area contributed by atoms with Crippen molar-refractivity contribution in [3.05, 3.63) is 69.3 Å². The maximum absolute atomic E-state index is 12.4. The molecule has 0 spiro atoms. The van der Waals surface area contributed by atoms with E-state index in [2.05, 4.69) is 4.98 Å². The van der Waals surface area contributed by atoms with Crippen LogP contribution < -0.4 is 5.43 Å². The van der Waals surface area contributed by atoms with Gasteiger partial charge in [0, 0.05) is 30.9 Å². The van der Waals surface area contributed by atoms with Gasteiger partial charge in [0.15, 0.2) is 12.0 Å². The Bertz CT molecular complexity index is 1200. The number of hydrogen-bond donors (Lipinski definition) is 1. The molecule has 3 aromatic rings. The van der Waals surface area contributed by atoms with Crippen LogP contribution in [-0.2, 0) is 4.74 Å². The van der Waals surface area contributed by atoms with E-state index in [1.807, 2.05) is 6.92 Å². The molecule has 1 saturated heterocycles. The van der Waals surface area contributed by atoms with Crippen molar-refractivity contribution in [3.63, 3.8) is 0 Å². The summed E-state index contributed by atoms with van der Waals surface area (Å²) < 4.78 is 10.5. The SMILES string of the molecule is Cc1ccc2oc(C(=O)OCC(=O)c3c[nH]c(C(=O)N4CCCC4)c3)cc(=O)c2c1. The predicted molar refractivity (Wildman–Crippen MR) is 108 cm³/mol. The van der Waals surface area contributed by atoms with Gasteiger partial charge in [0.2, 0.25) is 11.5 Å². The van der Waals surface area contributed by atoms with Crippen LogP contribution in [0.1, 0.15) is 49.8 Å². The quantitative estimate of drug-likeness (QED) is 0.513. The lowest BCUT2D eigenvalue weighted by Gasteiger charge is -2.13. The van der Waals surface area contributed by atoms with Crippen LogP contribution in [0.4, 0.5) is 0 Å². The molecule has 1 amide bonds. The normalized spacial score (nSPS) is 13.6. The van der Waals surface area contributed by atoms with Crippen molar-refractivity contribution in [1.29, 1.82) is 0 Å². The average Bonchev–Trinajstić information content (AvgIpc) is 3.44. The first-order valence-corrected chi connectivity index (χ1v) is 9.65. The summed E-state index contributed by atoms with van der Waals surface area (Å²) in [6.45, 7) is 2.71. The molecule has 0 saturated carbocycles. The number of aromatic nitrogens is 1. The number of nitrogens with one attached hydrogen (secondary N) is 1. The van der Waals surface area contributed by atoms with E-state index in [0.29, 0.717) is 24.2 Å². The molecule has 0 unspecified atom stereocenters. The minimum absolute atomic E-state index is 0.156. The number of hydrogen-bond acceptors (Lipinski definition) is 6. The minimum Gasteiger partial charge on any atom is -0.451 e. The monoisotopic (exact) mass is 408 g/mol. The summed E-state index contributed by atoms with van der Waals surface area (Å²) in [4.78, 5) is 53.7. The highest BCUT2D eigenvalue weighted by Gasteiger charge is 2.22. The van der Waals surface area contributed by atoms with Crippen molar-refractivity contribution < 1.29 is 23.5 Å². The fraction of sp³-hybridized carbons (Fsp3) is 0.273. The van der Waals surface area contributed by atoms with Crippen LogP contribution in [0, 0.1) is 6.92 Å². The summed E-state index contributed by atoms with van der Waals surface area (Å²) in [5, 5.41) is 0.366. The van der Waals surface area contributed by atoms with E-state index >= 15 is 0 Å². The van der Waals surface area contributed by atoms with Crippen LogP contribution in [-0.4, -0.2) is 47.2 Å². The van der Waals surface area contributed by atoms with E-state index in [1.165, 1.54) is 12.3 Å². The number of ether oxygens (including phenoxy) is 1. The molecule has 3 heterocycles. The Labute approximate surface area is 171 Å². The summed E-state index contributed by atoms with van der Waals surface area (Å²) in [5.74, 6) is -1.81. The smallest absolute Gasteiger partial charge is 0.374 e. The summed E-state index contributed by atoms with van der Waals surface area (Å²) in [6.07, 6.45) is 3.36. The molecule has 8 heteroatoms. The number of rotatable bonds is 5. The number of nitrogens with zero attached hydrogens (tertiary/aromatic N) is 1. The molecule has 0 bridgehead atoms. The lowest BCUT2D eigenvalue weighted by molar-refractivity contribution is 0.0444. The second-order valence-corrected chi connectivity index (χ2v) is 7.28. The number of fused-ring (bicyclic) bond motifs is 1. The third kappa shape index (κ3) is 3.89. The third-order valence-electron chi connectivity index (χ3n) is 5.05. The van der Waals surface area contributed by atoms with Gasteiger partial charge in [0.25, 0.3) is 5.91 Å². The number of ketones is 1. The van der Waals surface area contributed by atoms with Crippen molar-refractivity contribution in [3.8, 4) is 0 Å². The van der Waals surface area contributed by atoms with Gasteiger partial charge in [-0.3, -0.25) is 14.4 Å². The Morgan fingerprint density at radius 1 is 1.13 bits per heavy atom. The molecule has 1 aliphatic heterocycles. The van der Waals surface area contributed by atoms with Gasteiger partial charge >= 0.3 is 5.97 Å². The molecule has 0 aliphatic carbocycles. The Balaban J connectivity index is 1.42. The second-order valence-electron chi connectivity index (χ2n) is 7.28. The second kappa shape index (κ2) is 7.98. The fourth-order valence-electron chi connectivity index (χ4n) is 3.43. The van der Waals surface area contributed by atoms with Crippen LogP contribution in [0.15, 0.2) is 45.7 Å². The number of aromatic amines is 1. The maximum atomic E-state index is 12.4. The Kier molecular flexibility index (Phi) is 5.22. The molecule has 1 N–H and O–H groups in total. The number of aryl methyl sites for hydroxylation is 1. The molecule has 0 atom stereocenters. The molecule has 0 radical (unpaired) electrons. The lowest BCUT2D eigenvalue weighted by Crippen LogP contribution is -2.27. The zero-order valence-corrected chi connectivity index (χ0v) is 16.4. The lowest BCUT2D eigenvalue weighted by atomic mass is 10.1. The van der Waals surface area contributed by atoms with Gasteiger partial charge in [-0.1, -0.05) is 11.6 Å². The molecule has 154 valence electrons. The average molecular weight is 408 g/mol. The first-order chi connectivity index (χ1) is 14.4. The Hall–Kier alpha value is -3.68. The fourth-order valence-corrected chi connectivity index (χ4v) is 3.43. The van der Waals surface area contributed by atoms with Gasteiger partial charge in [-0.2, -0.15) is 0 Å². The summed E-state index contributed by atoms with van der Waals surface area (Å²) in [5.41, 5.74) is 1.35. The number of carbonyl (C=O) groups is 3. The van der Waals surface area contributed by atoms with Crippen molar-refractivity contribution in [1.82, 2.24) is 9.88 Å². The third-order valence-corrected chi connectivity index (χ3v) is 5.05. The maximum Gasteiger partial charge on any atom is 0.374 e. The number of esters is 1. The number of likely N-dealkylation sites (tertiary alicyclic amines) is 1. The standard InChI is InChI=1S/C22H20N2O6/c1-13-4-5-19-15(8-13)17(25)10-20(30-19)22(28)29-12-18(26)14-9-16(23-11-14)21(27)24-6-2-3-7-24/h4-5,8-11,23H,2-3,6-7,12H2,1H3. The van der Waals surface area contributed by atoms with Crippen LogP contribution in [0.25, 0.3) is 11.0 Å². The molecule has 2 aromatic heterocycles. The predicted octanol–water partition coefficient (Wildman–Crippen LogP) is 2.71. The molecule has 8 nitrogen and oxygen atoms in total. The van der Waals surface area contributed by atoms with Gasteiger partial charge in [0.05, 0.1) is 5.39 Å². The van der Waals surface area contributed by atoms with E-state index in [4.69, 9.17) is 9.15 Å². The molecule has 30 heavy (non-hydrogen) atoms. The molecule has 1 aromatic carbocycles. The number of benzene rings is 1. The molecular formula is C22H20N2O6.